The molecule has 2 aromatic heterocycles. The Morgan fingerprint density at radius 2 is 2.06 bits per heavy atom. The molecule has 0 aliphatic rings. The van der Waals surface area contributed by atoms with E-state index in [9.17, 15) is 4.79 Å². The Morgan fingerprint density at radius 1 is 1.31 bits per heavy atom. The molecule has 2 heterocycles. The second-order valence-corrected chi connectivity index (χ2v) is 9.29. The van der Waals surface area contributed by atoms with Crippen LogP contribution in [0.25, 0.3) is 11.2 Å². The second-order valence-electron chi connectivity index (χ2n) is 8.37. The number of carbonyl (C=O) groups is 1. The Kier molecular flexibility index (Phi) is 7.07. The lowest BCUT2D eigenvalue weighted by Crippen LogP contribution is -2.36. The topological polar surface area (TPSA) is 137 Å². The number of benzene rings is 1. The first-order valence-corrected chi connectivity index (χ1v) is 10.8. The molecule has 0 aliphatic carbocycles. The lowest BCUT2D eigenvalue weighted by atomic mass is 9.87. The maximum atomic E-state index is 10.8. The fraction of sp³-hybridized carbons (Fsp3) is 0.429. The minimum Gasteiger partial charge on any atom is -0.468 e. The third-order valence-electron chi connectivity index (χ3n) is 4.87. The van der Waals surface area contributed by atoms with Gasteiger partial charge in [-0.15, -0.1) is 0 Å². The van der Waals surface area contributed by atoms with E-state index in [4.69, 9.17) is 20.3 Å². The third-order valence-corrected chi connectivity index (χ3v) is 5.37. The SMILES string of the molecule is COc1nc2c(N)nc(OC(CCNC(=O)O)C(C)(C)C)nc2n1Cc1cccc(Br)c1. The summed E-state index contributed by atoms with van der Waals surface area (Å²) in [5, 5.41) is 11.2. The van der Waals surface area contributed by atoms with E-state index in [2.05, 4.69) is 36.2 Å². The molecule has 0 saturated carbocycles. The highest BCUT2D eigenvalue weighted by atomic mass is 79.9. The van der Waals surface area contributed by atoms with Gasteiger partial charge in [0.1, 0.15) is 6.10 Å². The van der Waals surface area contributed by atoms with Gasteiger partial charge in [-0.25, -0.2) is 4.79 Å². The number of nitrogens with zero attached hydrogens (tertiary/aromatic N) is 4. The van der Waals surface area contributed by atoms with Crippen molar-refractivity contribution in [3.8, 4) is 12.0 Å². The van der Waals surface area contributed by atoms with Crippen LogP contribution in [0.3, 0.4) is 0 Å². The van der Waals surface area contributed by atoms with E-state index in [0.717, 1.165) is 10.0 Å². The van der Waals surface area contributed by atoms with E-state index in [-0.39, 0.29) is 29.9 Å². The van der Waals surface area contributed by atoms with Crippen LogP contribution in [0.4, 0.5) is 10.6 Å². The molecule has 1 atom stereocenters. The summed E-state index contributed by atoms with van der Waals surface area (Å²) in [5.41, 5.74) is 7.81. The molecule has 32 heavy (non-hydrogen) atoms. The van der Waals surface area contributed by atoms with Gasteiger partial charge in [-0.05, 0) is 23.1 Å². The third kappa shape index (κ3) is 5.58. The first-order valence-electron chi connectivity index (χ1n) is 10.0. The number of nitrogens with one attached hydrogen (secondary N) is 1. The van der Waals surface area contributed by atoms with Gasteiger partial charge in [-0.3, -0.25) is 4.57 Å². The lowest BCUT2D eigenvalue weighted by molar-refractivity contribution is 0.0700. The van der Waals surface area contributed by atoms with Crippen LogP contribution in [0.1, 0.15) is 32.8 Å². The summed E-state index contributed by atoms with van der Waals surface area (Å²) in [5.74, 6) is 0.174. The van der Waals surface area contributed by atoms with Gasteiger partial charge in [0.2, 0.25) is 0 Å². The zero-order chi connectivity index (χ0) is 23.5. The maximum Gasteiger partial charge on any atom is 0.404 e. The minimum absolute atomic E-state index is 0.100. The van der Waals surface area contributed by atoms with E-state index in [0.29, 0.717) is 30.1 Å². The number of halogens is 1. The molecule has 4 N–H and O–H groups in total. The Balaban J connectivity index is 1.97. The number of ether oxygens (including phenoxy) is 2. The average molecular weight is 507 g/mol. The highest BCUT2D eigenvalue weighted by Crippen LogP contribution is 2.30. The van der Waals surface area contributed by atoms with E-state index in [1.165, 1.54) is 7.11 Å². The van der Waals surface area contributed by atoms with Gasteiger partial charge < -0.3 is 25.6 Å². The maximum absolute atomic E-state index is 10.8. The van der Waals surface area contributed by atoms with E-state index in [1.54, 1.807) is 4.57 Å². The Hall–Kier alpha value is -3.08. The molecule has 10 nitrogen and oxygen atoms in total. The van der Waals surface area contributed by atoms with Crippen LogP contribution < -0.4 is 20.5 Å². The second kappa shape index (κ2) is 9.60. The van der Waals surface area contributed by atoms with Crippen molar-refractivity contribution < 1.29 is 19.4 Å². The zero-order valence-electron chi connectivity index (χ0n) is 18.4. The zero-order valence-corrected chi connectivity index (χ0v) is 20.0. The van der Waals surface area contributed by atoms with Crippen LogP contribution in [-0.2, 0) is 6.54 Å². The number of nitrogen functional groups attached to an aromatic ring is 1. The van der Waals surface area contributed by atoms with Gasteiger partial charge in [-0.1, -0.05) is 48.8 Å². The molecule has 0 spiro atoms. The van der Waals surface area contributed by atoms with Crippen LogP contribution in [0.15, 0.2) is 28.7 Å². The molecule has 0 saturated heterocycles. The minimum atomic E-state index is -1.08. The van der Waals surface area contributed by atoms with Gasteiger partial charge >= 0.3 is 12.1 Å². The summed E-state index contributed by atoms with van der Waals surface area (Å²) in [6, 6.07) is 8.34. The largest absolute Gasteiger partial charge is 0.468 e. The van der Waals surface area contributed by atoms with Crippen LogP contribution in [0, 0.1) is 5.41 Å². The standard InChI is InChI=1S/C21H27BrN6O4/c1-21(2,3)14(8-9-24-20(29)30)32-18-26-16(23)15-17(27-18)28(19(25-15)31-4)11-12-6-5-7-13(22)10-12/h5-7,10,14,24H,8-9,11H2,1-4H3,(H,29,30)(H2,23,26,27). The number of amides is 1. The van der Waals surface area contributed by atoms with Crippen molar-refractivity contribution in [1.82, 2.24) is 24.8 Å². The molecule has 0 fully saturated rings. The highest BCUT2D eigenvalue weighted by molar-refractivity contribution is 9.10. The summed E-state index contributed by atoms with van der Waals surface area (Å²) in [6.45, 7) is 6.70. The fourth-order valence-corrected chi connectivity index (χ4v) is 3.70. The van der Waals surface area contributed by atoms with E-state index in [1.807, 2.05) is 45.0 Å². The van der Waals surface area contributed by atoms with Gasteiger partial charge in [0, 0.05) is 17.4 Å². The number of imidazole rings is 1. The monoisotopic (exact) mass is 506 g/mol. The van der Waals surface area contributed by atoms with Crippen molar-refractivity contribution in [3.63, 3.8) is 0 Å². The number of aromatic nitrogens is 4. The van der Waals surface area contributed by atoms with Gasteiger partial charge in [0.15, 0.2) is 17.0 Å². The average Bonchev–Trinajstić information content (AvgIpc) is 3.04. The molecule has 0 radical (unpaired) electrons. The number of fused-ring (bicyclic) bond motifs is 1. The molecule has 0 bridgehead atoms. The quantitative estimate of drug-likeness (QED) is 0.420. The Bertz CT molecular complexity index is 1110. The first kappa shape index (κ1) is 23.6. The van der Waals surface area contributed by atoms with Crippen molar-refractivity contribution >= 4 is 39.0 Å². The van der Waals surface area contributed by atoms with Crippen molar-refractivity contribution in [1.29, 1.82) is 0 Å². The summed E-state index contributed by atoms with van der Waals surface area (Å²) in [4.78, 5) is 24.1. The van der Waals surface area contributed by atoms with Crippen LogP contribution in [0.2, 0.25) is 0 Å². The number of nitrogens with two attached hydrogens (primary N) is 1. The molecule has 11 heteroatoms. The van der Waals surface area contributed by atoms with Gasteiger partial charge in [-0.2, -0.15) is 15.0 Å². The predicted octanol–water partition coefficient (Wildman–Crippen LogP) is 3.68. The lowest BCUT2D eigenvalue weighted by Gasteiger charge is -2.30. The Morgan fingerprint density at radius 3 is 2.69 bits per heavy atom. The van der Waals surface area contributed by atoms with Crippen LogP contribution >= 0.6 is 15.9 Å². The number of carboxylic acid groups (broad SMARTS) is 1. The number of rotatable bonds is 8. The van der Waals surface area contributed by atoms with E-state index >= 15 is 0 Å². The molecule has 1 unspecified atom stereocenters. The summed E-state index contributed by atoms with van der Waals surface area (Å²) in [6.07, 6.45) is -0.991. The van der Waals surface area contributed by atoms with Crippen LogP contribution in [0.5, 0.6) is 12.0 Å². The van der Waals surface area contributed by atoms with Crippen molar-refractivity contribution in [2.75, 3.05) is 19.4 Å². The molecular weight excluding hydrogens is 480 g/mol. The summed E-state index contributed by atoms with van der Waals surface area (Å²) < 4.78 is 14.3. The van der Waals surface area contributed by atoms with Gasteiger partial charge in [0.25, 0.3) is 6.01 Å². The molecule has 3 rings (SSSR count). The number of hydrogen-bond donors (Lipinski definition) is 3. The number of methoxy groups -OCH3 is 1. The van der Waals surface area contributed by atoms with Crippen LogP contribution in [-0.4, -0.2) is 50.5 Å². The highest BCUT2D eigenvalue weighted by Gasteiger charge is 2.28. The Labute approximate surface area is 194 Å². The molecule has 172 valence electrons. The smallest absolute Gasteiger partial charge is 0.404 e. The number of anilines is 1. The van der Waals surface area contributed by atoms with Crippen molar-refractivity contribution in [2.45, 2.75) is 39.8 Å². The van der Waals surface area contributed by atoms with Crippen molar-refractivity contribution in [2.24, 2.45) is 5.41 Å². The molecule has 0 aliphatic heterocycles. The predicted molar refractivity (Wildman–Crippen MR) is 124 cm³/mol. The fourth-order valence-electron chi connectivity index (χ4n) is 3.26. The molecule has 1 aromatic carbocycles. The van der Waals surface area contributed by atoms with Crippen molar-refractivity contribution in [3.05, 3.63) is 34.3 Å². The molecule has 1 amide bonds. The van der Waals surface area contributed by atoms with E-state index < -0.39 is 6.09 Å². The molecular formula is C21H27BrN6O4. The summed E-state index contributed by atoms with van der Waals surface area (Å²) in [7, 11) is 1.53. The summed E-state index contributed by atoms with van der Waals surface area (Å²) >= 11 is 3.49. The number of hydrogen-bond acceptors (Lipinski definition) is 7. The van der Waals surface area contributed by atoms with Gasteiger partial charge in [0.05, 0.1) is 13.7 Å². The normalized spacial score (nSPS) is 12.5. The first-order chi connectivity index (χ1) is 15.1. The molecule has 3 aromatic rings.